The minimum Gasteiger partial charge on any atom is -0.260 e. The van der Waals surface area contributed by atoms with Crippen LogP contribution < -0.4 is 0 Å². The maximum absolute atomic E-state index is 12.1. The molecule has 1 aliphatic rings. The summed E-state index contributed by atoms with van der Waals surface area (Å²) in [4.78, 5) is 0.253. The monoisotopic (exact) mass is 254 g/mol. The van der Waals surface area contributed by atoms with Gasteiger partial charge in [0.25, 0.3) is 10.1 Å². The lowest BCUT2D eigenvalue weighted by molar-refractivity contribution is -0.00417. The van der Waals surface area contributed by atoms with Gasteiger partial charge in [-0.05, 0) is 44.7 Å². The predicted molar refractivity (Wildman–Crippen MR) is 66.3 cm³/mol. The smallest absolute Gasteiger partial charge is 0.260 e. The Morgan fingerprint density at radius 2 is 1.82 bits per heavy atom. The summed E-state index contributed by atoms with van der Waals surface area (Å²) in [6.45, 7) is 3.90. The Morgan fingerprint density at radius 3 is 2.24 bits per heavy atom. The lowest BCUT2D eigenvalue weighted by atomic mass is 9.78. The van der Waals surface area contributed by atoms with E-state index in [-0.39, 0.29) is 4.90 Å². The normalized spacial score (nSPS) is 18.7. The third-order valence-corrected chi connectivity index (χ3v) is 4.93. The topological polar surface area (TPSA) is 43.4 Å². The number of benzene rings is 1. The van der Waals surface area contributed by atoms with E-state index in [0.29, 0.717) is 0 Å². The average molecular weight is 254 g/mol. The van der Waals surface area contributed by atoms with Crippen LogP contribution in [0.5, 0.6) is 0 Å². The Morgan fingerprint density at radius 1 is 1.24 bits per heavy atom. The first kappa shape index (κ1) is 12.6. The second-order valence-electron chi connectivity index (χ2n) is 4.74. The zero-order valence-electron chi connectivity index (χ0n) is 10.3. The summed E-state index contributed by atoms with van der Waals surface area (Å²) in [7, 11) is -3.61. The van der Waals surface area contributed by atoms with Gasteiger partial charge in [-0.3, -0.25) is 4.18 Å². The number of hydrogen-bond acceptors (Lipinski definition) is 3. The van der Waals surface area contributed by atoms with Crippen LogP contribution in [0.1, 0.15) is 38.2 Å². The molecule has 1 aliphatic carbocycles. The fraction of sp³-hybridized carbons (Fsp3) is 0.538. The van der Waals surface area contributed by atoms with Gasteiger partial charge < -0.3 is 0 Å². The first-order valence-electron chi connectivity index (χ1n) is 6.00. The van der Waals surface area contributed by atoms with Gasteiger partial charge in [0.05, 0.1) is 10.5 Å². The molecule has 4 heteroatoms. The second-order valence-corrected chi connectivity index (χ2v) is 6.29. The molecular formula is C13H18O3S. The maximum atomic E-state index is 12.1. The Hall–Kier alpha value is -0.870. The number of hydrogen-bond donors (Lipinski definition) is 0. The van der Waals surface area contributed by atoms with Crippen molar-refractivity contribution in [3.05, 3.63) is 29.8 Å². The molecule has 0 N–H and O–H groups in total. The van der Waals surface area contributed by atoms with Crippen molar-refractivity contribution < 1.29 is 12.6 Å². The molecule has 1 aromatic carbocycles. The van der Waals surface area contributed by atoms with Gasteiger partial charge in [0.2, 0.25) is 0 Å². The van der Waals surface area contributed by atoms with Crippen LogP contribution in [-0.2, 0) is 14.3 Å². The van der Waals surface area contributed by atoms with E-state index in [9.17, 15) is 8.42 Å². The fourth-order valence-electron chi connectivity index (χ4n) is 2.05. The Bertz CT molecular complexity index is 478. The molecule has 0 heterocycles. The lowest BCUT2D eigenvalue weighted by Gasteiger charge is -2.39. The molecule has 0 spiro atoms. The van der Waals surface area contributed by atoms with Crippen molar-refractivity contribution in [2.75, 3.05) is 0 Å². The molecule has 0 amide bonds. The Kier molecular flexibility index (Phi) is 3.27. The van der Waals surface area contributed by atoms with Crippen molar-refractivity contribution >= 4 is 10.1 Å². The van der Waals surface area contributed by atoms with Crippen LogP contribution in [0.25, 0.3) is 0 Å². The summed E-state index contributed by atoms with van der Waals surface area (Å²) in [5.74, 6) is 0. The summed E-state index contributed by atoms with van der Waals surface area (Å²) in [6, 6.07) is 6.78. The van der Waals surface area contributed by atoms with E-state index in [4.69, 9.17) is 4.18 Å². The highest BCUT2D eigenvalue weighted by Gasteiger charge is 2.41. The summed E-state index contributed by atoms with van der Waals surface area (Å²) in [6.07, 6.45) is 3.48. The molecule has 2 rings (SSSR count). The Balaban J connectivity index is 2.22. The zero-order chi connectivity index (χ0) is 12.5. The van der Waals surface area contributed by atoms with E-state index in [1.165, 1.54) is 0 Å². The van der Waals surface area contributed by atoms with Crippen LogP contribution in [0.2, 0.25) is 0 Å². The lowest BCUT2D eigenvalue weighted by Crippen LogP contribution is -2.41. The van der Waals surface area contributed by atoms with Gasteiger partial charge >= 0.3 is 0 Å². The standard InChI is InChI=1S/C13H18O3S/c1-3-13(9-4-10-13)16-17(14,15)12-7-5-11(2)6-8-12/h5-8H,3-4,9-10H2,1-2H3. The fourth-order valence-corrected chi connectivity index (χ4v) is 3.37. The highest BCUT2D eigenvalue weighted by molar-refractivity contribution is 7.86. The minimum atomic E-state index is -3.61. The van der Waals surface area contributed by atoms with Gasteiger partial charge in [0, 0.05) is 0 Å². The van der Waals surface area contributed by atoms with Crippen molar-refractivity contribution in [1.29, 1.82) is 0 Å². The van der Waals surface area contributed by atoms with Crippen LogP contribution >= 0.6 is 0 Å². The van der Waals surface area contributed by atoms with Crippen LogP contribution in [0, 0.1) is 6.92 Å². The van der Waals surface area contributed by atoms with E-state index in [2.05, 4.69) is 0 Å². The molecule has 94 valence electrons. The number of rotatable bonds is 4. The van der Waals surface area contributed by atoms with Crippen LogP contribution in [0.15, 0.2) is 29.2 Å². The summed E-state index contributed by atoms with van der Waals surface area (Å²) < 4.78 is 29.6. The molecule has 0 aromatic heterocycles. The molecule has 0 saturated heterocycles. The molecule has 0 unspecified atom stereocenters. The van der Waals surface area contributed by atoms with Crippen molar-refractivity contribution in [3.8, 4) is 0 Å². The van der Waals surface area contributed by atoms with Crippen LogP contribution in [0.3, 0.4) is 0 Å². The number of aryl methyl sites for hydroxylation is 1. The third kappa shape index (κ3) is 2.53. The van der Waals surface area contributed by atoms with Crippen LogP contribution in [-0.4, -0.2) is 14.0 Å². The molecule has 1 saturated carbocycles. The minimum absolute atomic E-state index is 0.253. The molecule has 0 radical (unpaired) electrons. The van der Waals surface area contributed by atoms with Crippen molar-refractivity contribution in [2.45, 2.75) is 50.0 Å². The van der Waals surface area contributed by atoms with Gasteiger partial charge in [0.15, 0.2) is 0 Å². The molecule has 0 atom stereocenters. The van der Waals surface area contributed by atoms with Crippen molar-refractivity contribution in [3.63, 3.8) is 0 Å². The van der Waals surface area contributed by atoms with Gasteiger partial charge in [-0.15, -0.1) is 0 Å². The van der Waals surface area contributed by atoms with E-state index in [1.54, 1.807) is 24.3 Å². The van der Waals surface area contributed by atoms with E-state index in [0.717, 1.165) is 31.2 Å². The van der Waals surface area contributed by atoms with Crippen molar-refractivity contribution in [2.24, 2.45) is 0 Å². The maximum Gasteiger partial charge on any atom is 0.297 e. The Labute approximate surface area is 103 Å². The third-order valence-electron chi connectivity index (χ3n) is 3.51. The molecular weight excluding hydrogens is 236 g/mol. The SMILES string of the molecule is CCC1(OS(=O)(=O)c2ccc(C)cc2)CCC1. The summed E-state index contributed by atoms with van der Waals surface area (Å²) >= 11 is 0. The zero-order valence-corrected chi connectivity index (χ0v) is 11.1. The highest BCUT2D eigenvalue weighted by atomic mass is 32.2. The van der Waals surface area contributed by atoms with Crippen molar-refractivity contribution in [1.82, 2.24) is 0 Å². The van der Waals surface area contributed by atoms with Gasteiger partial charge in [-0.1, -0.05) is 24.6 Å². The van der Waals surface area contributed by atoms with E-state index < -0.39 is 15.7 Å². The molecule has 1 fully saturated rings. The molecule has 17 heavy (non-hydrogen) atoms. The highest BCUT2D eigenvalue weighted by Crippen LogP contribution is 2.40. The first-order chi connectivity index (χ1) is 7.97. The van der Waals surface area contributed by atoms with Gasteiger partial charge in [0.1, 0.15) is 0 Å². The second kappa shape index (κ2) is 4.42. The largest absolute Gasteiger partial charge is 0.297 e. The van der Waals surface area contributed by atoms with E-state index >= 15 is 0 Å². The molecule has 1 aromatic rings. The molecule has 0 bridgehead atoms. The van der Waals surface area contributed by atoms with E-state index in [1.807, 2.05) is 13.8 Å². The van der Waals surface area contributed by atoms with Crippen LogP contribution in [0.4, 0.5) is 0 Å². The molecule has 3 nitrogen and oxygen atoms in total. The predicted octanol–water partition coefficient (Wildman–Crippen LogP) is 3.03. The van der Waals surface area contributed by atoms with Gasteiger partial charge in [-0.25, -0.2) is 0 Å². The average Bonchev–Trinajstić information content (AvgIpc) is 2.24. The quantitative estimate of drug-likeness (QED) is 0.776. The van der Waals surface area contributed by atoms with Gasteiger partial charge in [-0.2, -0.15) is 8.42 Å². The summed E-state index contributed by atoms with van der Waals surface area (Å²) in [5, 5.41) is 0. The first-order valence-corrected chi connectivity index (χ1v) is 7.41. The molecule has 0 aliphatic heterocycles. The summed E-state index contributed by atoms with van der Waals surface area (Å²) in [5.41, 5.74) is 0.599.